The van der Waals surface area contributed by atoms with Gasteiger partial charge in [-0.1, -0.05) is 0 Å². The molecule has 1 fully saturated rings. The number of halogens is 1. The van der Waals surface area contributed by atoms with Crippen molar-refractivity contribution in [1.29, 1.82) is 0 Å². The monoisotopic (exact) mass is 232 g/mol. The van der Waals surface area contributed by atoms with E-state index in [-0.39, 0.29) is 12.6 Å². The minimum absolute atomic E-state index is 0.0182. The lowest BCUT2D eigenvalue weighted by atomic mass is 10.1. The lowest BCUT2D eigenvalue weighted by Crippen LogP contribution is -2.41. The fourth-order valence-corrected chi connectivity index (χ4v) is 1.82. The van der Waals surface area contributed by atoms with Crippen molar-refractivity contribution in [2.24, 2.45) is 5.73 Å². The number of carbonyl (C=O) groups is 1. The summed E-state index contributed by atoms with van der Waals surface area (Å²) in [4.78, 5) is 11.3. The number of nitrogens with one attached hydrogen (secondary N) is 1. The van der Waals surface area contributed by atoms with E-state index >= 15 is 0 Å². The Morgan fingerprint density at radius 2 is 2.25 bits per heavy atom. The normalized spacial score (nSPS) is 30.2. The maximum absolute atomic E-state index is 14.0. The van der Waals surface area contributed by atoms with Crippen molar-refractivity contribution in [3.05, 3.63) is 0 Å². The molecule has 1 rings (SSSR count). The zero-order valence-electron chi connectivity index (χ0n) is 10.2. The molecular weight excluding hydrogens is 211 g/mol. The maximum atomic E-state index is 14.0. The molecule has 0 saturated heterocycles. The molecule has 1 aliphatic rings. The summed E-state index contributed by atoms with van der Waals surface area (Å²) in [5.41, 5.74) is 3.71. The summed E-state index contributed by atoms with van der Waals surface area (Å²) in [5.74, 6) is 0. The second kappa shape index (κ2) is 4.57. The number of alkyl halides is 1. The van der Waals surface area contributed by atoms with Gasteiger partial charge in [0.1, 0.15) is 11.3 Å². The van der Waals surface area contributed by atoms with Crippen LogP contribution in [0, 0.1) is 0 Å². The van der Waals surface area contributed by atoms with Crippen molar-refractivity contribution in [2.45, 2.75) is 57.3 Å². The highest BCUT2D eigenvalue weighted by molar-refractivity contribution is 5.67. The predicted molar refractivity (Wildman–Crippen MR) is 59.9 cm³/mol. The van der Waals surface area contributed by atoms with Gasteiger partial charge in [0.25, 0.3) is 0 Å². The molecule has 0 heterocycles. The van der Waals surface area contributed by atoms with Crippen LogP contribution < -0.4 is 11.1 Å². The summed E-state index contributed by atoms with van der Waals surface area (Å²) < 4.78 is 19.0. The van der Waals surface area contributed by atoms with E-state index in [1.165, 1.54) is 0 Å². The van der Waals surface area contributed by atoms with Gasteiger partial charge in [-0.15, -0.1) is 0 Å². The topological polar surface area (TPSA) is 64.3 Å². The molecule has 1 amide bonds. The van der Waals surface area contributed by atoms with Crippen molar-refractivity contribution in [2.75, 3.05) is 6.54 Å². The van der Waals surface area contributed by atoms with Gasteiger partial charge >= 0.3 is 6.09 Å². The zero-order valence-corrected chi connectivity index (χ0v) is 10.2. The van der Waals surface area contributed by atoms with Gasteiger partial charge in [-0.05, 0) is 40.0 Å². The number of carbonyl (C=O) groups excluding carboxylic acids is 1. The van der Waals surface area contributed by atoms with Gasteiger partial charge in [-0.3, -0.25) is 0 Å². The van der Waals surface area contributed by atoms with Gasteiger partial charge in [0, 0.05) is 6.04 Å². The summed E-state index contributed by atoms with van der Waals surface area (Å²) in [5, 5.41) is 2.45. The third-order valence-electron chi connectivity index (χ3n) is 2.54. The van der Waals surface area contributed by atoms with Crippen LogP contribution in [0.4, 0.5) is 9.18 Å². The molecule has 0 aromatic carbocycles. The smallest absolute Gasteiger partial charge is 0.407 e. The molecule has 0 aromatic heterocycles. The maximum Gasteiger partial charge on any atom is 0.407 e. The first-order chi connectivity index (χ1) is 7.20. The van der Waals surface area contributed by atoms with E-state index in [4.69, 9.17) is 10.5 Å². The first-order valence-electron chi connectivity index (χ1n) is 5.62. The Balaban J connectivity index is 2.32. The molecule has 0 aliphatic heterocycles. The summed E-state index contributed by atoms with van der Waals surface area (Å²) >= 11 is 0. The molecule has 2 atom stereocenters. The van der Waals surface area contributed by atoms with Crippen molar-refractivity contribution in [1.82, 2.24) is 5.32 Å². The molecule has 0 spiro atoms. The Labute approximate surface area is 95.7 Å². The number of alkyl carbamates (subject to hydrolysis) is 1. The van der Waals surface area contributed by atoms with Crippen LogP contribution in [-0.4, -0.2) is 29.9 Å². The van der Waals surface area contributed by atoms with Crippen LogP contribution in [0.5, 0.6) is 0 Å². The molecule has 3 N–H and O–H groups in total. The highest BCUT2D eigenvalue weighted by atomic mass is 19.1. The molecule has 0 aromatic rings. The van der Waals surface area contributed by atoms with E-state index in [2.05, 4.69) is 5.32 Å². The zero-order chi connectivity index (χ0) is 12.4. The van der Waals surface area contributed by atoms with Crippen LogP contribution in [0.3, 0.4) is 0 Å². The van der Waals surface area contributed by atoms with Gasteiger partial charge in [0.05, 0.1) is 6.54 Å². The lowest BCUT2D eigenvalue weighted by Gasteiger charge is -2.23. The Hall–Kier alpha value is -0.840. The average molecular weight is 232 g/mol. The standard InChI is InChI=1S/C11H21FN2O2/c1-10(2,3)16-9(15)14-7-11(12)5-4-8(13)6-11/h8H,4-7,13H2,1-3H3,(H,14,15)/t8-,11-/m1/s1. The van der Waals surface area contributed by atoms with Crippen molar-refractivity contribution >= 4 is 6.09 Å². The second-order valence-electron chi connectivity index (χ2n) is 5.51. The van der Waals surface area contributed by atoms with E-state index in [0.717, 1.165) is 0 Å². The molecule has 94 valence electrons. The Kier molecular flexibility index (Phi) is 3.78. The molecule has 0 bridgehead atoms. The van der Waals surface area contributed by atoms with E-state index in [1.54, 1.807) is 20.8 Å². The average Bonchev–Trinajstić information content (AvgIpc) is 2.41. The van der Waals surface area contributed by atoms with Gasteiger partial charge < -0.3 is 15.8 Å². The van der Waals surface area contributed by atoms with Crippen LogP contribution in [-0.2, 0) is 4.74 Å². The van der Waals surface area contributed by atoms with Gasteiger partial charge in [0.15, 0.2) is 0 Å². The highest BCUT2D eigenvalue weighted by Gasteiger charge is 2.38. The van der Waals surface area contributed by atoms with Gasteiger partial charge in [-0.2, -0.15) is 0 Å². The van der Waals surface area contributed by atoms with Crippen molar-refractivity contribution in [3.63, 3.8) is 0 Å². The fourth-order valence-electron chi connectivity index (χ4n) is 1.82. The molecule has 16 heavy (non-hydrogen) atoms. The quantitative estimate of drug-likeness (QED) is 0.762. The second-order valence-corrected chi connectivity index (χ2v) is 5.51. The van der Waals surface area contributed by atoms with Gasteiger partial charge in [0.2, 0.25) is 0 Å². The molecule has 0 radical (unpaired) electrons. The Morgan fingerprint density at radius 1 is 1.62 bits per heavy atom. The number of hydrogen-bond donors (Lipinski definition) is 2. The molecular formula is C11H21FN2O2. The first-order valence-corrected chi connectivity index (χ1v) is 5.62. The van der Waals surface area contributed by atoms with Crippen molar-refractivity contribution in [3.8, 4) is 0 Å². The summed E-state index contributed by atoms with van der Waals surface area (Å²) in [6.45, 7) is 5.28. The number of hydrogen-bond acceptors (Lipinski definition) is 3. The van der Waals surface area contributed by atoms with Gasteiger partial charge in [-0.25, -0.2) is 9.18 Å². The predicted octanol–water partition coefficient (Wildman–Crippen LogP) is 1.73. The number of amides is 1. The minimum Gasteiger partial charge on any atom is -0.444 e. The van der Waals surface area contributed by atoms with E-state index in [0.29, 0.717) is 19.3 Å². The van der Waals surface area contributed by atoms with E-state index < -0.39 is 17.4 Å². The summed E-state index contributed by atoms with van der Waals surface area (Å²) in [6.07, 6.45) is 0.809. The third-order valence-corrected chi connectivity index (χ3v) is 2.54. The lowest BCUT2D eigenvalue weighted by molar-refractivity contribution is 0.0478. The molecule has 1 aliphatic carbocycles. The van der Waals surface area contributed by atoms with Crippen LogP contribution >= 0.6 is 0 Å². The molecule has 1 saturated carbocycles. The highest BCUT2D eigenvalue weighted by Crippen LogP contribution is 2.32. The number of ether oxygens (including phenoxy) is 1. The van der Waals surface area contributed by atoms with Crippen LogP contribution in [0.2, 0.25) is 0 Å². The first kappa shape index (κ1) is 13.2. The summed E-state index contributed by atoms with van der Waals surface area (Å²) in [7, 11) is 0. The number of rotatable bonds is 2. The number of nitrogens with two attached hydrogens (primary N) is 1. The minimum atomic E-state index is -1.36. The fraction of sp³-hybridized carbons (Fsp3) is 0.909. The Bertz CT molecular complexity index is 265. The van der Waals surface area contributed by atoms with Crippen LogP contribution in [0.25, 0.3) is 0 Å². The van der Waals surface area contributed by atoms with E-state index in [1.807, 2.05) is 0 Å². The van der Waals surface area contributed by atoms with Crippen LogP contribution in [0.15, 0.2) is 0 Å². The Morgan fingerprint density at radius 3 is 2.69 bits per heavy atom. The van der Waals surface area contributed by atoms with Crippen LogP contribution in [0.1, 0.15) is 40.0 Å². The molecule has 4 nitrogen and oxygen atoms in total. The molecule has 5 heteroatoms. The SMILES string of the molecule is CC(C)(C)OC(=O)NC[C@@]1(F)CC[C@@H](N)C1. The van der Waals surface area contributed by atoms with Crippen molar-refractivity contribution < 1.29 is 13.9 Å². The third kappa shape index (κ3) is 4.35. The molecule has 0 unspecified atom stereocenters. The largest absolute Gasteiger partial charge is 0.444 e. The van der Waals surface area contributed by atoms with E-state index in [9.17, 15) is 9.18 Å². The summed E-state index contributed by atoms with van der Waals surface area (Å²) in [6, 6.07) is -0.0922.